The van der Waals surface area contributed by atoms with Crippen LogP contribution in [0.5, 0.6) is 5.75 Å². The van der Waals surface area contributed by atoms with Gasteiger partial charge in [0.15, 0.2) is 6.79 Å². The molecule has 0 spiro atoms. The molecule has 0 saturated heterocycles. The zero-order valence-corrected chi connectivity index (χ0v) is 9.50. The van der Waals surface area contributed by atoms with E-state index in [0.29, 0.717) is 0 Å². The van der Waals surface area contributed by atoms with Crippen LogP contribution in [0.3, 0.4) is 0 Å². The van der Waals surface area contributed by atoms with Crippen molar-refractivity contribution in [2.75, 3.05) is 13.4 Å². The molecule has 18 heavy (non-hydrogen) atoms. The monoisotopic (exact) mass is 268 g/mol. The second-order valence-corrected chi connectivity index (χ2v) is 3.58. The molecule has 102 valence electrons. The molecule has 3 nitrogen and oxygen atoms in total. The summed E-state index contributed by atoms with van der Waals surface area (Å²) in [5, 5.41) is 9.35. The van der Waals surface area contributed by atoms with E-state index in [1.807, 2.05) is 0 Å². The third kappa shape index (κ3) is 4.89. The van der Waals surface area contributed by atoms with E-state index in [4.69, 9.17) is 4.74 Å². The molecule has 1 atom stereocenters. The SMILES string of the molecule is CC(O)c1cc(F)ccc1OCOCC(F)(F)F. The maximum absolute atomic E-state index is 12.9. The highest BCUT2D eigenvalue weighted by molar-refractivity contribution is 5.35. The van der Waals surface area contributed by atoms with E-state index in [9.17, 15) is 22.7 Å². The van der Waals surface area contributed by atoms with Crippen LogP contribution in [0.25, 0.3) is 0 Å². The third-order valence-electron chi connectivity index (χ3n) is 1.99. The zero-order valence-electron chi connectivity index (χ0n) is 9.50. The molecule has 1 rings (SSSR count). The molecule has 0 saturated carbocycles. The van der Waals surface area contributed by atoms with Crippen molar-refractivity contribution in [3.05, 3.63) is 29.6 Å². The first-order chi connectivity index (χ1) is 8.29. The quantitative estimate of drug-likeness (QED) is 0.507. The molecule has 1 N–H and O–H groups in total. The van der Waals surface area contributed by atoms with Gasteiger partial charge in [0.25, 0.3) is 0 Å². The number of hydrogen-bond donors (Lipinski definition) is 1. The summed E-state index contributed by atoms with van der Waals surface area (Å²) in [6, 6.07) is 3.34. The van der Waals surface area contributed by atoms with Gasteiger partial charge in [-0.2, -0.15) is 13.2 Å². The lowest BCUT2D eigenvalue weighted by molar-refractivity contribution is -0.186. The van der Waals surface area contributed by atoms with Crippen molar-refractivity contribution in [3.63, 3.8) is 0 Å². The van der Waals surface area contributed by atoms with Gasteiger partial charge in [-0.15, -0.1) is 0 Å². The van der Waals surface area contributed by atoms with Crippen LogP contribution in [0.2, 0.25) is 0 Å². The molecular weight excluding hydrogens is 256 g/mol. The number of hydrogen-bond acceptors (Lipinski definition) is 3. The maximum atomic E-state index is 12.9. The topological polar surface area (TPSA) is 38.7 Å². The van der Waals surface area contributed by atoms with E-state index < -0.39 is 31.5 Å². The van der Waals surface area contributed by atoms with Gasteiger partial charge < -0.3 is 14.6 Å². The van der Waals surface area contributed by atoms with Crippen molar-refractivity contribution in [1.82, 2.24) is 0 Å². The largest absolute Gasteiger partial charge is 0.467 e. The fourth-order valence-electron chi connectivity index (χ4n) is 1.24. The van der Waals surface area contributed by atoms with Gasteiger partial charge in [-0.3, -0.25) is 0 Å². The highest BCUT2D eigenvalue weighted by Crippen LogP contribution is 2.26. The van der Waals surface area contributed by atoms with E-state index in [1.165, 1.54) is 13.0 Å². The molecule has 0 heterocycles. The van der Waals surface area contributed by atoms with Crippen LogP contribution in [0.4, 0.5) is 17.6 Å². The molecule has 0 radical (unpaired) electrons. The summed E-state index contributed by atoms with van der Waals surface area (Å²) in [7, 11) is 0. The maximum Gasteiger partial charge on any atom is 0.411 e. The lowest BCUT2D eigenvalue weighted by Gasteiger charge is -2.14. The molecule has 0 fully saturated rings. The van der Waals surface area contributed by atoms with Crippen molar-refractivity contribution in [2.24, 2.45) is 0 Å². The predicted octanol–water partition coefficient (Wildman–Crippen LogP) is 2.79. The van der Waals surface area contributed by atoms with Gasteiger partial charge in [-0.1, -0.05) is 0 Å². The Balaban J connectivity index is 2.57. The highest BCUT2D eigenvalue weighted by atomic mass is 19.4. The molecule has 0 aromatic heterocycles. The van der Waals surface area contributed by atoms with Gasteiger partial charge in [0, 0.05) is 5.56 Å². The summed E-state index contributed by atoms with van der Waals surface area (Å²) in [6.45, 7) is -0.679. The van der Waals surface area contributed by atoms with Crippen LogP contribution >= 0.6 is 0 Å². The molecule has 1 aromatic carbocycles. The second-order valence-electron chi connectivity index (χ2n) is 3.58. The number of rotatable bonds is 5. The first-order valence-corrected chi connectivity index (χ1v) is 5.04. The van der Waals surface area contributed by atoms with E-state index in [2.05, 4.69) is 4.74 Å². The number of aliphatic hydroxyl groups is 1. The van der Waals surface area contributed by atoms with Crippen molar-refractivity contribution < 1.29 is 32.1 Å². The van der Waals surface area contributed by atoms with Gasteiger partial charge in [-0.05, 0) is 25.1 Å². The fraction of sp³-hybridized carbons (Fsp3) is 0.455. The van der Waals surface area contributed by atoms with Crippen LogP contribution < -0.4 is 4.74 Å². The van der Waals surface area contributed by atoms with E-state index >= 15 is 0 Å². The molecular formula is C11H12F4O3. The van der Waals surface area contributed by atoms with Crippen LogP contribution in [-0.2, 0) is 4.74 Å². The van der Waals surface area contributed by atoms with Gasteiger partial charge in [-0.25, -0.2) is 4.39 Å². The highest BCUT2D eigenvalue weighted by Gasteiger charge is 2.27. The smallest absolute Gasteiger partial charge is 0.411 e. The minimum absolute atomic E-state index is 0.0774. The first kappa shape index (κ1) is 14.7. The molecule has 0 aliphatic rings. The molecule has 0 aliphatic heterocycles. The lowest BCUT2D eigenvalue weighted by Crippen LogP contribution is -2.19. The Bertz CT molecular complexity index is 390. The molecule has 0 bridgehead atoms. The van der Waals surface area contributed by atoms with Crippen LogP contribution in [0, 0.1) is 5.82 Å². The summed E-state index contributed by atoms with van der Waals surface area (Å²) in [4.78, 5) is 0. The van der Waals surface area contributed by atoms with Crippen molar-refractivity contribution in [1.29, 1.82) is 0 Å². The Labute approximate surface area is 101 Å². The lowest BCUT2D eigenvalue weighted by atomic mass is 10.1. The predicted molar refractivity (Wildman–Crippen MR) is 54.5 cm³/mol. The third-order valence-corrected chi connectivity index (χ3v) is 1.99. The van der Waals surface area contributed by atoms with Crippen LogP contribution in [0.15, 0.2) is 18.2 Å². The molecule has 1 aromatic rings. The summed E-state index contributed by atoms with van der Waals surface area (Å²) >= 11 is 0. The molecule has 0 aliphatic carbocycles. The molecule has 1 unspecified atom stereocenters. The van der Waals surface area contributed by atoms with Gasteiger partial charge >= 0.3 is 6.18 Å². The number of halogens is 4. The number of ether oxygens (including phenoxy) is 2. The Morgan fingerprint density at radius 3 is 2.56 bits per heavy atom. The number of aliphatic hydroxyl groups excluding tert-OH is 1. The molecule has 7 heteroatoms. The Hall–Kier alpha value is -1.34. The van der Waals surface area contributed by atoms with Crippen molar-refractivity contribution in [2.45, 2.75) is 19.2 Å². The van der Waals surface area contributed by atoms with Gasteiger partial charge in [0.1, 0.15) is 18.2 Å². The fourth-order valence-corrected chi connectivity index (χ4v) is 1.24. The average Bonchev–Trinajstić information content (AvgIpc) is 2.24. The van der Waals surface area contributed by atoms with Crippen LogP contribution in [0.1, 0.15) is 18.6 Å². The van der Waals surface area contributed by atoms with Gasteiger partial charge in [0.2, 0.25) is 0 Å². The Morgan fingerprint density at radius 2 is 2.00 bits per heavy atom. The Morgan fingerprint density at radius 1 is 1.33 bits per heavy atom. The summed E-state index contributed by atoms with van der Waals surface area (Å²) in [5.41, 5.74) is 0.144. The van der Waals surface area contributed by atoms with Gasteiger partial charge in [0.05, 0.1) is 6.10 Å². The van der Waals surface area contributed by atoms with E-state index in [1.54, 1.807) is 0 Å². The zero-order chi connectivity index (χ0) is 13.8. The minimum Gasteiger partial charge on any atom is -0.467 e. The van der Waals surface area contributed by atoms with E-state index in [0.717, 1.165) is 12.1 Å². The summed E-state index contributed by atoms with van der Waals surface area (Å²) in [6.07, 6.45) is -5.43. The average molecular weight is 268 g/mol. The second kappa shape index (κ2) is 6.01. The normalized spacial score (nSPS) is 13.4. The van der Waals surface area contributed by atoms with E-state index in [-0.39, 0.29) is 11.3 Å². The molecule has 0 amide bonds. The summed E-state index contributed by atoms with van der Waals surface area (Å²) < 4.78 is 57.4. The summed E-state index contributed by atoms with van der Waals surface area (Å²) in [5.74, 6) is -0.497. The van der Waals surface area contributed by atoms with Crippen molar-refractivity contribution >= 4 is 0 Å². The standard InChI is InChI=1S/C11H12F4O3/c1-7(16)9-4-8(12)2-3-10(9)18-6-17-5-11(13,14)15/h2-4,7,16H,5-6H2,1H3. The Kier molecular flexibility index (Phi) is 4.92. The number of alkyl halides is 3. The van der Waals surface area contributed by atoms with Crippen LogP contribution in [-0.4, -0.2) is 24.7 Å². The number of benzene rings is 1. The van der Waals surface area contributed by atoms with Crippen molar-refractivity contribution in [3.8, 4) is 5.75 Å². The minimum atomic E-state index is -4.43. The first-order valence-electron chi connectivity index (χ1n) is 5.04.